The molecule has 32 heavy (non-hydrogen) atoms. The molecule has 1 fully saturated rings. The molecule has 0 unspecified atom stereocenters. The molecule has 12 heteroatoms. The zero-order chi connectivity index (χ0) is 23.5. The first-order chi connectivity index (χ1) is 15.0. The zero-order valence-electron chi connectivity index (χ0n) is 17.0. The van der Waals surface area contributed by atoms with Crippen molar-refractivity contribution in [1.82, 2.24) is 9.97 Å². The quantitative estimate of drug-likeness (QED) is 0.300. The fourth-order valence-electron chi connectivity index (χ4n) is 3.78. The topological polar surface area (TPSA) is 114 Å². The number of alkyl halides is 3. The van der Waals surface area contributed by atoms with Crippen molar-refractivity contribution in [1.29, 1.82) is 5.41 Å². The number of amidine groups is 1. The molecule has 1 aromatic carbocycles. The largest absolute Gasteiger partial charge is 0.445 e. The Bertz CT molecular complexity index is 998. The number of anilines is 1. The lowest BCUT2D eigenvalue weighted by Gasteiger charge is -2.51. The number of nitrogens with two attached hydrogens (primary N) is 1. The van der Waals surface area contributed by atoms with Crippen LogP contribution in [0.1, 0.15) is 41.7 Å². The van der Waals surface area contributed by atoms with Crippen molar-refractivity contribution in [2.45, 2.75) is 31.6 Å². The number of hydrogen-bond acceptors (Lipinski definition) is 6. The molecule has 1 heterocycles. The first-order valence-electron chi connectivity index (χ1n) is 9.51. The number of hydrogen-bond donors (Lipinski definition) is 3. The maximum absolute atomic E-state index is 14.6. The molecule has 2 aromatic rings. The van der Waals surface area contributed by atoms with Crippen LogP contribution in [0.25, 0.3) is 0 Å². The second-order valence-corrected chi connectivity index (χ2v) is 8.65. The number of thioether (sulfide) groups is 1. The maximum atomic E-state index is 14.6. The Kier molecular flexibility index (Phi) is 6.91. The molecule has 0 spiro atoms. The standard InChI is InChI=1S/C20H21F4N5O2S/c1-11(19(9-32-18(25)26)7-20(23,24)8-19)13-4-12(2-3-14(13)22)29-17(30)15-5-28-16(6-27-15)31-10-21/h2-6,11H,7-10H2,1H3,(H3,25,26)(H,29,30)/t11-/m0/s1. The molecule has 4 N–H and O–H groups in total. The van der Waals surface area contributed by atoms with Crippen LogP contribution in [0.5, 0.6) is 5.88 Å². The van der Waals surface area contributed by atoms with Gasteiger partial charge in [0.1, 0.15) is 11.5 Å². The van der Waals surface area contributed by atoms with E-state index in [1.165, 1.54) is 12.1 Å². The summed E-state index contributed by atoms with van der Waals surface area (Å²) in [5.41, 5.74) is 4.76. The fraction of sp³-hybridized carbons (Fsp3) is 0.400. The van der Waals surface area contributed by atoms with E-state index in [9.17, 15) is 22.4 Å². The van der Waals surface area contributed by atoms with Crippen molar-refractivity contribution in [3.8, 4) is 5.88 Å². The third-order valence-corrected chi connectivity index (χ3v) is 6.47. The molecule has 1 atom stereocenters. The number of nitrogens with zero attached hydrogens (tertiary/aromatic N) is 2. The van der Waals surface area contributed by atoms with Crippen LogP contribution in [-0.4, -0.2) is 39.6 Å². The molecule has 1 saturated carbocycles. The predicted octanol–water partition coefficient (Wildman–Crippen LogP) is 4.32. The van der Waals surface area contributed by atoms with Crippen LogP contribution in [0.15, 0.2) is 30.6 Å². The number of aromatic nitrogens is 2. The van der Waals surface area contributed by atoms with Crippen LogP contribution in [0.2, 0.25) is 0 Å². The molecule has 3 rings (SSSR count). The summed E-state index contributed by atoms with van der Waals surface area (Å²) in [5, 5.41) is 9.74. The van der Waals surface area contributed by atoms with Crippen molar-refractivity contribution < 1.29 is 27.1 Å². The molecule has 0 saturated heterocycles. The summed E-state index contributed by atoms with van der Waals surface area (Å²) in [7, 11) is 0. The van der Waals surface area contributed by atoms with E-state index in [0.29, 0.717) is 0 Å². The van der Waals surface area contributed by atoms with E-state index in [1.807, 2.05) is 0 Å². The van der Waals surface area contributed by atoms with E-state index in [0.717, 1.165) is 30.2 Å². The van der Waals surface area contributed by atoms with Crippen molar-refractivity contribution in [3.05, 3.63) is 47.7 Å². The first kappa shape index (κ1) is 23.8. The number of ether oxygens (including phenoxy) is 1. The van der Waals surface area contributed by atoms with Crippen LogP contribution >= 0.6 is 11.8 Å². The molecular formula is C20H21F4N5O2S. The van der Waals surface area contributed by atoms with Crippen molar-refractivity contribution in [2.24, 2.45) is 11.1 Å². The molecule has 1 aliphatic rings. The molecule has 0 aliphatic heterocycles. The van der Waals surface area contributed by atoms with E-state index in [-0.39, 0.29) is 33.7 Å². The van der Waals surface area contributed by atoms with Gasteiger partial charge in [-0.05, 0) is 35.1 Å². The van der Waals surface area contributed by atoms with Gasteiger partial charge in [0.05, 0.1) is 12.4 Å². The van der Waals surface area contributed by atoms with Gasteiger partial charge in [0.25, 0.3) is 5.91 Å². The predicted molar refractivity (Wildman–Crippen MR) is 112 cm³/mol. The van der Waals surface area contributed by atoms with Crippen molar-refractivity contribution in [3.63, 3.8) is 0 Å². The molecular weight excluding hydrogens is 450 g/mol. The van der Waals surface area contributed by atoms with Crippen molar-refractivity contribution in [2.75, 3.05) is 17.9 Å². The number of halogens is 4. The zero-order valence-corrected chi connectivity index (χ0v) is 17.8. The summed E-state index contributed by atoms with van der Waals surface area (Å²) >= 11 is 0.947. The smallest absolute Gasteiger partial charge is 0.275 e. The molecule has 0 bridgehead atoms. The number of nitrogens with one attached hydrogen (secondary N) is 2. The number of carbonyl (C=O) groups excluding carboxylic acids is 1. The van der Waals surface area contributed by atoms with Crippen LogP contribution in [0.4, 0.5) is 23.2 Å². The van der Waals surface area contributed by atoms with Crippen LogP contribution < -0.4 is 15.8 Å². The summed E-state index contributed by atoms with van der Waals surface area (Å²) < 4.78 is 58.8. The Morgan fingerprint density at radius 2 is 2.06 bits per heavy atom. The molecule has 7 nitrogen and oxygen atoms in total. The Hall–Kier alpha value is -2.89. The van der Waals surface area contributed by atoms with Gasteiger partial charge in [-0.3, -0.25) is 10.2 Å². The SMILES string of the molecule is C[C@@H](c1cc(NC(=O)c2cnc(OCF)cn2)ccc1F)C1(CSC(=N)N)CC(F)(F)C1. The van der Waals surface area contributed by atoms with E-state index < -0.39 is 48.7 Å². The van der Waals surface area contributed by atoms with E-state index >= 15 is 0 Å². The highest BCUT2D eigenvalue weighted by Gasteiger charge is 2.59. The highest BCUT2D eigenvalue weighted by atomic mass is 32.2. The Morgan fingerprint density at radius 1 is 1.34 bits per heavy atom. The molecule has 1 amide bonds. The van der Waals surface area contributed by atoms with Gasteiger partial charge < -0.3 is 15.8 Å². The molecule has 172 valence electrons. The molecule has 1 aromatic heterocycles. The second-order valence-electron chi connectivity index (χ2n) is 7.63. The monoisotopic (exact) mass is 471 g/mol. The Morgan fingerprint density at radius 3 is 2.62 bits per heavy atom. The summed E-state index contributed by atoms with van der Waals surface area (Å²) in [6.45, 7) is 0.560. The lowest BCUT2D eigenvalue weighted by Crippen LogP contribution is -2.51. The van der Waals surface area contributed by atoms with Gasteiger partial charge >= 0.3 is 0 Å². The summed E-state index contributed by atoms with van der Waals surface area (Å²) in [6.07, 6.45) is 1.29. The highest BCUT2D eigenvalue weighted by molar-refractivity contribution is 8.13. The number of carbonyl (C=O) groups is 1. The number of amides is 1. The van der Waals surface area contributed by atoms with Crippen LogP contribution in [-0.2, 0) is 0 Å². The van der Waals surface area contributed by atoms with Crippen LogP contribution in [0, 0.1) is 16.6 Å². The van der Waals surface area contributed by atoms with Gasteiger partial charge in [-0.25, -0.2) is 27.5 Å². The molecule has 1 aliphatic carbocycles. The van der Waals surface area contributed by atoms with Crippen molar-refractivity contribution >= 4 is 28.5 Å². The van der Waals surface area contributed by atoms with Crippen LogP contribution in [0.3, 0.4) is 0 Å². The van der Waals surface area contributed by atoms with E-state index in [2.05, 4.69) is 20.0 Å². The summed E-state index contributed by atoms with van der Waals surface area (Å²) in [5.74, 6) is -4.66. The fourth-order valence-corrected chi connectivity index (χ4v) is 4.67. The van der Waals surface area contributed by atoms with Gasteiger partial charge in [-0.2, -0.15) is 0 Å². The maximum Gasteiger partial charge on any atom is 0.275 e. The lowest BCUT2D eigenvalue weighted by atomic mass is 9.59. The van der Waals surface area contributed by atoms with Gasteiger partial charge in [0, 0.05) is 24.3 Å². The van der Waals surface area contributed by atoms with Gasteiger partial charge in [-0.1, -0.05) is 18.7 Å². The Balaban J connectivity index is 1.79. The average molecular weight is 471 g/mol. The summed E-state index contributed by atoms with van der Waals surface area (Å²) in [4.78, 5) is 20.0. The normalized spacial score (nSPS) is 17.2. The third kappa shape index (κ3) is 5.29. The van der Waals surface area contributed by atoms with E-state index in [1.54, 1.807) is 6.92 Å². The van der Waals surface area contributed by atoms with E-state index in [4.69, 9.17) is 11.1 Å². The average Bonchev–Trinajstić information content (AvgIpc) is 2.72. The molecule has 0 radical (unpaired) electrons. The minimum Gasteiger partial charge on any atom is -0.445 e. The first-order valence-corrected chi connectivity index (χ1v) is 10.5. The second kappa shape index (κ2) is 9.31. The minimum atomic E-state index is -2.86. The van der Waals surface area contributed by atoms with Gasteiger partial charge in [0.2, 0.25) is 18.7 Å². The summed E-state index contributed by atoms with van der Waals surface area (Å²) in [6, 6.07) is 3.88. The van der Waals surface area contributed by atoms with Gasteiger partial charge in [-0.15, -0.1) is 0 Å². The minimum absolute atomic E-state index is 0.0805. The number of rotatable bonds is 8. The van der Waals surface area contributed by atoms with Gasteiger partial charge in [0.15, 0.2) is 5.17 Å². The Labute approximate surface area is 185 Å². The third-order valence-electron chi connectivity index (χ3n) is 5.44. The highest BCUT2D eigenvalue weighted by Crippen LogP contribution is 2.60. The lowest BCUT2D eigenvalue weighted by molar-refractivity contribution is -0.159. The number of benzene rings is 1.